The Morgan fingerprint density at radius 2 is 2.36 bits per heavy atom. The third-order valence-corrected chi connectivity index (χ3v) is 1.73. The summed E-state index contributed by atoms with van der Waals surface area (Å²) in [5.74, 6) is 1.69. The molecule has 0 atom stereocenters. The van der Waals surface area contributed by atoms with Gasteiger partial charge < -0.3 is 0 Å². The van der Waals surface area contributed by atoms with E-state index in [0.717, 1.165) is 0 Å². The van der Waals surface area contributed by atoms with E-state index < -0.39 is 5.95 Å². The zero-order valence-electron chi connectivity index (χ0n) is 7.14. The van der Waals surface area contributed by atoms with Crippen molar-refractivity contribution in [1.29, 1.82) is 0 Å². The van der Waals surface area contributed by atoms with Gasteiger partial charge in [0.1, 0.15) is 5.56 Å². The Morgan fingerprint density at radius 3 is 2.93 bits per heavy atom. The van der Waals surface area contributed by atoms with E-state index >= 15 is 0 Å². The van der Waals surface area contributed by atoms with Gasteiger partial charge in [-0.1, -0.05) is 11.6 Å². The molecule has 5 heteroatoms. The number of isothiocyanates is 1. The Hall–Kier alpha value is -1.27. The van der Waals surface area contributed by atoms with Crippen LogP contribution in [0.3, 0.4) is 0 Å². The standard InChI is InChI=1S/C9H4ClFN2S/c1-6-4-8(10)7(9(11)13-6)2-3-12-5-14/h4H,1H3. The van der Waals surface area contributed by atoms with Crippen LogP contribution < -0.4 is 0 Å². The Labute approximate surface area is 90.8 Å². The summed E-state index contributed by atoms with van der Waals surface area (Å²) in [5.41, 5.74) is 0.516. The van der Waals surface area contributed by atoms with Gasteiger partial charge in [0.25, 0.3) is 0 Å². The van der Waals surface area contributed by atoms with Gasteiger partial charge in [-0.3, -0.25) is 0 Å². The van der Waals surface area contributed by atoms with Gasteiger partial charge in [-0.05, 0) is 31.1 Å². The molecule has 0 radical (unpaired) electrons. The molecule has 0 fully saturated rings. The van der Waals surface area contributed by atoms with Crippen molar-refractivity contribution < 1.29 is 4.39 Å². The molecule has 0 bridgehead atoms. The van der Waals surface area contributed by atoms with E-state index in [-0.39, 0.29) is 10.6 Å². The average Bonchev–Trinajstić information content (AvgIpc) is 2.09. The predicted octanol–water partition coefficient (Wildman–Crippen LogP) is 2.59. The monoisotopic (exact) mass is 226 g/mol. The van der Waals surface area contributed by atoms with Gasteiger partial charge in [0.15, 0.2) is 0 Å². The zero-order valence-corrected chi connectivity index (χ0v) is 8.71. The quantitative estimate of drug-likeness (QED) is 0.294. The number of hydrogen-bond acceptors (Lipinski definition) is 3. The number of thiocarbonyl (C=S) groups is 1. The van der Waals surface area contributed by atoms with E-state index in [4.69, 9.17) is 11.6 Å². The van der Waals surface area contributed by atoms with Crippen molar-refractivity contribution in [2.75, 3.05) is 0 Å². The van der Waals surface area contributed by atoms with Gasteiger partial charge in [0, 0.05) is 5.69 Å². The topological polar surface area (TPSA) is 25.2 Å². The second-order valence-corrected chi connectivity index (χ2v) is 2.94. The molecule has 2 nitrogen and oxygen atoms in total. The Bertz CT molecular complexity index is 446. The maximum Gasteiger partial charge on any atom is 0.230 e. The van der Waals surface area contributed by atoms with Crippen molar-refractivity contribution in [2.24, 2.45) is 4.99 Å². The summed E-state index contributed by atoms with van der Waals surface area (Å²) in [5, 5.41) is 2.25. The maximum absolute atomic E-state index is 13.2. The third-order valence-electron chi connectivity index (χ3n) is 1.34. The van der Waals surface area contributed by atoms with Crippen LogP contribution in [0, 0.1) is 24.8 Å². The molecule has 0 aliphatic heterocycles. The Morgan fingerprint density at radius 1 is 1.64 bits per heavy atom. The molecule has 1 aromatic rings. The minimum atomic E-state index is -0.706. The number of halogens is 2. The molecule has 0 aliphatic rings. The number of pyridine rings is 1. The van der Waals surface area contributed by atoms with Crippen LogP contribution in [0.1, 0.15) is 11.3 Å². The highest BCUT2D eigenvalue weighted by molar-refractivity contribution is 7.78. The van der Waals surface area contributed by atoms with Crippen LogP contribution in [0.4, 0.5) is 4.39 Å². The fraction of sp³-hybridized carbons (Fsp3) is 0.111. The van der Waals surface area contributed by atoms with Crippen LogP contribution in [0.5, 0.6) is 0 Å². The van der Waals surface area contributed by atoms with Gasteiger partial charge in [-0.25, -0.2) is 4.98 Å². The van der Waals surface area contributed by atoms with Gasteiger partial charge >= 0.3 is 0 Å². The van der Waals surface area contributed by atoms with Crippen molar-refractivity contribution in [3.63, 3.8) is 0 Å². The molecule has 0 aromatic carbocycles. The van der Waals surface area contributed by atoms with E-state index in [1.165, 1.54) is 6.07 Å². The molecule has 0 N–H and O–H groups in total. The van der Waals surface area contributed by atoms with Crippen LogP contribution in [0.25, 0.3) is 0 Å². The number of rotatable bonds is 0. The van der Waals surface area contributed by atoms with E-state index in [1.54, 1.807) is 6.92 Å². The zero-order chi connectivity index (χ0) is 10.6. The SMILES string of the molecule is Cc1cc(Cl)c(C#CN=C=S)c(F)n1. The molecule has 0 spiro atoms. The lowest BCUT2D eigenvalue weighted by atomic mass is 10.2. The summed E-state index contributed by atoms with van der Waals surface area (Å²) < 4.78 is 13.2. The lowest BCUT2D eigenvalue weighted by molar-refractivity contribution is 0.576. The van der Waals surface area contributed by atoms with E-state index in [2.05, 4.69) is 34.2 Å². The minimum Gasteiger partial charge on any atom is -0.224 e. The highest BCUT2D eigenvalue weighted by atomic mass is 35.5. The molecule has 0 amide bonds. The summed E-state index contributed by atoms with van der Waals surface area (Å²) in [7, 11) is 0. The van der Waals surface area contributed by atoms with Crippen molar-refractivity contribution >= 4 is 29.0 Å². The van der Waals surface area contributed by atoms with Crippen LogP contribution in [0.15, 0.2) is 11.1 Å². The Balaban J connectivity index is 3.23. The minimum absolute atomic E-state index is 0.0197. The largest absolute Gasteiger partial charge is 0.230 e. The first kappa shape index (κ1) is 10.8. The molecule has 0 saturated carbocycles. The van der Waals surface area contributed by atoms with Crippen LogP contribution in [-0.2, 0) is 0 Å². The second kappa shape index (κ2) is 4.83. The van der Waals surface area contributed by atoms with Crippen LogP contribution in [0.2, 0.25) is 5.02 Å². The number of nitrogens with zero attached hydrogens (tertiary/aromatic N) is 2. The number of hydrogen-bond donors (Lipinski definition) is 0. The summed E-state index contributed by atoms with van der Waals surface area (Å²) in [4.78, 5) is 6.89. The molecule has 0 saturated heterocycles. The molecule has 1 heterocycles. The fourth-order valence-electron chi connectivity index (χ4n) is 0.815. The Kier molecular flexibility index (Phi) is 3.73. The van der Waals surface area contributed by atoms with Gasteiger partial charge in [-0.15, -0.1) is 4.99 Å². The number of aromatic nitrogens is 1. The molecule has 0 unspecified atom stereocenters. The first-order valence-corrected chi connectivity index (χ1v) is 4.34. The van der Waals surface area contributed by atoms with Crippen molar-refractivity contribution in [3.8, 4) is 12.0 Å². The molecule has 14 heavy (non-hydrogen) atoms. The van der Waals surface area contributed by atoms with Gasteiger partial charge in [-0.2, -0.15) is 4.39 Å². The molecule has 1 aromatic heterocycles. The van der Waals surface area contributed by atoms with Crippen molar-refractivity contribution in [3.05, 3.63) is 28.3 Å². The molecular formula is C9H4ClFN2S. The van der Waals surface area contributed by atoms with Crippen molar-refractivity contribution in [1.82, 2.24) is 4.98 Å². The van der Waals surface area contributed by atoms with Crippen LogP contribution >= 0.6 is 23.8 Å². The molecule has 1 rings (SSSR count). The maximum atomic E-state index is 13.2. The first-order chi connectivity index (χ1) is 6.65. The summed E-state index contributed by atoms with van der Waals surface area (Å²) >= 11 is 10.0. The smallest absolute Gasteiger partial charge is 0.224 e. The fourth-order valence-corrected chi connectivity index (χ4v) is 1.14. The van der Waals surface area contributed by atoms with Crippen molar-refractivity contribution in [2.45, 2.75) is 6.92 Å². The highest BCUT2D eigenvalue weighted by Gasteiger charge is 2.06. The number of aryl methyl sites for hydroxylation is 1. The summed E-state index contributed by atoms with van der Waals surface area (Å²) in [6.07, 6.45) is 0. The molecule has 70 valence electrons. The molecular weight excluding hydrogens is 223 g/mol. The van der Waals surface area contributed by atoms with Crippen LogP contribution in [-0.4, -0.2) is 10.1 Å². The van der Waals surface area contributed by atoms with E-state index in [0.29, 0.717) is 5.69 Å². The average molecular weight is 227 g/mol. The molecule has 0 aliphatic carbocycles. The highest BCUT2D eigenvalue weighted by Crippen LogP contribution is 2.17. The third kappa shape index (κ3) is 2.61. The normalized spacial score (nSPS) is 8.50. The first-order valence-electron chi connectivity index (χ1n) is 3.55. The van der Waals surface area contributed by atoms with E-state index in [1.807, 2.05) is 5.16 Å². The summed E-state index contributed by atoms with van der Waals surface area (Å²) in [6, 6.07) is 3.77. The van der Waals surface area contributed by atoms with E-state index in [9.17, 15) is 4.39 Å². The predicted molar refractivity (Wildman–Crippen MR) is 55.8 cm³/mol. The lowest BCUT2D eigenvalue weighted by Gasteiger charge is -1.98. The summed E-state index contributed by atoms with van der Waals surface area (Å²) in [6.45, 7) is 1.64. The number of aliphatic imine (C=N–C) groups is 1. The lowest BCUT2D eigenvalue weighted by Crippen LogP contribution is -1.93. The van der Waals surface area contributed by atoms with Gasteiger partial charge in [0.05, 0.1) is 16.2 Å². The second-order valence-electron chi connectivity index (χ2n) is 2.35. The van der Waals surface area contributed by atoms with Gasteiger partial charge in [0.2, 0.25) is 5.95 Å².